The van der Waals surface area contributed by atoms with Crippen molar-refractivity contribution in [3.8, 4) is 11.5 Å². The van der Waals surface area contributed by atoms with E-state index in [-0.39, 0.29) is 21.7 Å². The molecule has 0 spiro atoms. The number of aromatic hydroxyl groups is 2. The Balaban J connectivity index is 2.15. The van der Waals surface area contributed by atoms with Gasteiger partial charge in [-0.25, -0.2) is 0 Å². The van der Waals surface area contributed by atoms with E-state index in [1.807, 2.05) is 0 Å². The van der Waals surface area contributed by atoms with Crippen molar-refractivity contribution in [3.63, 3.8) is 0 Å². The molecule has 0 radical (unpaired) electrons. The van der Waals surface area contributed by atoms with Crippen LogP contribution < -0.4 is 0 Å². The van der Waals surface area contributed by atoms with E-state index >= 15 is 0 Å². The van der Waals surface area contributed by atoms with E-state index in [0.717, 1.165) is 48.1 Å². The van der Waals surface area contributed by atoms with Crippen LogP contribution in [0.5, 0.6) is 11.5 Å². The minimum atomic E-state index is -0.279. The van der Waals surface area contributed by atoms with Crippen LogP contribution in [0.1, 0.15) is 142 Å². The topological polar surface area (TPSA) is 40.5 Å². The van der Waals surface area contributed by atoms with Gasteiger partial charge in [0.05, 0.1) is 0 Å². The normalized spacial score (nSPS) is 29.7. The molecule has 0 heterocycles. The molecule has 4 bridgehead atoms. The third-order valence-corrected chi connectivity index (χ3v) is 10.7. The molecule has 0 aliphatic heterocycles. The molecule has 2 heteroatoms. The fourth-order valence-corrected chi connectivity index (χ4v) is 8.16. The molecule has 33 heavy (non-hydrogen) atoms. The van der Waals surface area contributed by atoms with Crippen LogP contribution in [0, 0.1) is 17.8 Å². The molecule has 4 aliphatic carbocycles. The first-order valence-electron chi connectivity index (χ1n) is 13.9. The second-order valence-corrected chi connectivity index (χ2v) is 14.1. The van der Waals surface area contributed by atoms with E-state index in [0.29, 0.717) is 11.5 Å². The quantitative estimate of drug-likeness (QED) is 0.433. The molecule has 186 valence electrons. The van der Waals surface area contributed by atoms with Gasteiger partial charge in [0.25, 0.3) is 0 Å². The van der Waals surface area contributed by atoms with Gasteiger partial charge in [0, 0.05) is 22.1 Å². The van der Waals surface area contributed by atoms with Crippen LogP contribution in [0.3, 0.4) is 0 Å². The maximum absolute atomic E-state index is 12.2. The van der Waals surface area contributed by atoms with Gasteiger partial charge >= 0.3 is 0 Å². The number of phenolic OH excluding ortho intramolecular Hbond substituents is 2. The van der Waals surface area contributed by atoms with Crippen LogP contribution in [-0.4, -0.2) is 10.2 Å². The fraction of sp³-hybridized carbons (Fsp3) is 0.806. The molecule has 2 nitrogen and oxygen atoms in total. The summed E-state index contributed by atoms with van der Waals surface area (Å²) >= 11 is 0. The molecular formula is C31H50O2. The smallest absolute Gasteiger partial charge is 0.127 e. The first-order chi connectivity index (χ1) is 15.2. The maximum atomic E-state index is 12.2. The molecule has 0 unspecified atom stereocenters. The molecule has 0 aromatic heterocycles. The average Bonchev–Trinajstić information content (AvgIpc) is 2.71. The summed E-state index contributed by atoms with van der Waals surface area (Å²) in [6.07, 6.45) is 10.7. The van der Waals surface area contributed by atoms with Gasteiger partial charge in [-0.3, -0.25) is 0 Å². The van der Waals surface area contributed by atoms with Crippen molar-refractivity contribution in [2.45, 2.75) is 142 Å². The number of hydrogen-bond acceptors (Lipinski definition) is 2. The van der Waals surface area contributed by atoms with Crippen molar-refractivity contribution in [1.29, 1.82) is 0 Å². The Kier molecular flexibility index (Phi) is 5.98. The average molecular weight is 455 g/mol. The second kappa shape index (κ2) is 7.92. The molecule has 2 N–H and O–H groups in total. The Morgan fingerprint density at radius 2 is 0.970 bits per heavy atom. The molecule has 0 saturated heterocycles. The lowest BCUT2D eigenvalue weighted by Gasteiger charge is -2.58. The Morgan fingerprint density at radius 1 is 0.606 bits per heavy atom. The van der Waals surface area contributed by atoms with E-state index in [1.54, 1.807) is 0 Å². The third kappa shape index (κ3) is 3.73. The third-order valence-electron chi connectivity index (χ3n) is 10.7. The molecule has 5 rings (SSSR count). The van der Waals surface area contributed by atoms with Crippen molar-refractivity contribution >= 4 is 0 Å². The van der Waals surface area contributed by atoms with Gasteiger partial charge in [-0.05, 0) is 97.3 Å². The van der Waals surface area contributed by atoms with E-state index in [4.69, 9.17) is 0 Å². The van der Waals surface area contributed by atoms with Gasteiger partial charge < -0.3 is 10.2 Å². The highest BCUT2D eigenvalue weighted by Crippen LogP contribution is 2.65. The Hall–Kier alpha value is -1.18. The van der Waals surface area contributed by atoms with E-state index in [2.05, 4.69) is 62.3 Å². The van der Waals surface area contributed by atoms with Gasteiger partial charge in [-0.2, -0.15) is 0 Å². The predicted molar refractivity (Wildman–Crippen MR) is 140 cm³/mol. The van der Waals surface area contributed by atoms with E-state index < -0.39 is 0 Å². The number of phenols is 2. The Labute approximate surface area is 203 Å². The van der Waals surface area contributed by atoms with E-state index in [9.17, 15) is 10.2 Å². The second-order valence-electron chi connectivity index (χ2n) is 14.1. The largest absolute Gasteiger partial charge is 0.507 e. The molecule has 0 amide bonds. The molecule has 1 aromatic carbocycles. The zero-order valence-electron chi connectivity index (χ0n) is 23.0. The summed E-state index contributed by atoms with van der Waals surface area (Å²) in [5.74, 6) is 3.25. The predicted octanol–water partition coefficient (Wildman–Crippen LogP) is 8.63. The minimum Gasteiger partial charge on any atom is -0.507 e. The number of rotatable bonds is 7. The van der Waals surface area contributed by atoms with Crippen molar-refractivity contribution in [1.82, 2.24) is 0 Å². The lowest BCUT2D eigenvalue weighted by Crippen LogP contribution is -2.50. The van der Waals surface area contributed by atoms with Gasteiger partial charge in [0.15, 0.2) is 0 Å². The molecular weight excluding hydrogens is 404 g/mol. The molecule has 0 atom stereocenters. The molecule has 4 fully saturated rings. The number of benzene rings is 1. The van der Waals surface area contributed by atoms with Crippen LogP contribution in [0.2, 0.25) is 0 Å². The van der Waals surface area contributed by atoms with Crippen molar-refractivity contribution in [2.24, 2.45) is 17.8 Å². The summed E-state index contributed by atoms with van der Waals surface area (Å²) in [7, 11) is 0. The van der Waals surface area contributed by atoms with Crippen LogP contribution in [-0.2, 0) is 21.7 Å². The van der Waals surface area contributed by atoms with Gasteiger partial charge in [0.1, 0.15) is 11.5 Å². The van der Waals surface area contributed by atoms with E-state index in [1.165, 1.54) is 49.7 Å². The highest BCUT2D eigenvalue weighted by molar-refractivity contribution is 5.66. The summed E-state index contributed by atoms with van der Waals surface area (Å²) in [5, 5.41) is 24.2. The van der Waals surface area contributed by atoms with Gasteiger partial charge in [-0.15, -0.1) is 0 Å². The van der Waals surface area contributed by atoms with Crippen LogP contribution in [0.15, 0.2) is 0 Å². The van der Waals surface area contributed by atoms with Crippen molar-refractivity contribution in [3.05, 3.63) is 22.3 Å². The molecule has 4 aliphatic rings. The minimum absolute atomic E-state index is 0.0749. The zero-order chi connectivity index (χ0) is 24.6. The van der Waals surface area contributed by atoms with Gasteiger partial charge in [0.2, 0.25) is 0 Å². The lowest BCUT2D eigenvalue weighted by atomic mass is 9.46. The fourth-order valence-electron chi connectivity index (χ4n) is 8.16. The number of hydrogen-bond donors (Lipinski definition) is 2. The zero-order valence-corrected chi connectivity index (χ0v) is 23.0. The lowest BCUT2D eigenvalue weighted by molar-refractivity contribution is -0.00722. The summed E-state index contributed by atoms with van der Waals surface area (Å²) in [5.41, 5.74) is 3.99. The van der Waals surface area contributed by atoms with Crippen LogP contribution >= 0.6 is 0 Å². The maximum Gasteiger partial charge on any atom is 0.127 e. The summed E-state index contributed by atoms with van der Waals surface area (Å²) in [6, 6.07) is 0. The first kappa shape index (κ1) is 24.9. The summed E-state index contributed by atoms with van der Waals surface area (Å²) in [4.78, 5) is 0. The highest BCUT2D eigenvalue weighted by Gasteiger charge is 2.55. The van der Waals surface area contributed by atoms with Crippen molar-refractivity contribution in [2.75, 3.05) is 0 Å². The monoisotopic (exact) mass is 454 g/mol. The highest BCUT2D eigenvalue weighted by atomic mass is 16.3. The summed E-state index contributed by atoms with van der Waals surface area (Å²) in [6.45, 7) is 20.3. The van der Waals surface area contributed by atoms with Crippen LogP contribution in [0.25, 0.3) is 0 Å². The Bertz CT molecular complexity index is 882. The Morgan fingerprint density at radius 3 is 1.36 bits per heavy atom. The standard InChI is InChI=1S/C31H50O2/c1-10-28(4,5)22-23(29(6,7)11-2)26(32)25(30(8,9)12-3)27(33)24(22)31-16-19-13-20(17-31)15-21(14-19)18-31/h19-21,32-33H,10-18H2,1-9H3. The molecule has 4 saturated carbocycles. The summed E-state index contributed by atoms with van der Waals surface area (Å²) < 4.78 is 0. The SMILES string of the molecule is CCC(C)(C)c1c(O)c(C(C)(C)CC)c(C(C)(C)CC)c(C23CC4CC(CC(C4)C2)C3)c1O. The van der Waals surface area contributed by atoms with Crippen molar-refractivity contribution < 1.29 is 10.2 Å². The first-order valence-corrected chi connectivity index (χ1v) is 13.9. The van der Waals surface area contributed by atoms with Gasteiger partial charge in [-0.1, -0.05) is 62.3 Å². The molecule has 1 aromatic rings. The van der Waals surface area contributed by atoms with Crippen LogP contribution in [0.4, 0.5) is 0 Å².